The van der Waals surface area contributed by atoms with Gasteiger partial charge in [0.15, 0.2) is 5.82 Å². The first kappa shape index (κ1) is 38.7. The van der Waals surface area contributed by atoms with Gasteiger partial charge < -0.3 is 0 Å². The van der Waals surface area contributed by atoms with Gasteiger partial charge in [0.25, 0.3) is 0 Å². The predicted octanol–water partition coefficient (Wildman–Crippen LogP) is 16.5. The SMILES string of the molecule is c1ccc(-c2cccc(-c3cc(-c4cc(-c5ccccc5)cc(-c5ccccc5)c4)nc(-c4ccc5c(c4)-c4ccccc4-c4ccccc4C54c5ccccc5-c5ccccc54)n3)c2)cc1. The molecule has 1 heterocycles. The molecule has 1 aromatic heterocycles. The van der Waals surface area contributed by atoms with Crippen LogP contribution in [-0.4, -0.2) is 9.97 Å². The second-order valence-electron chi connectivity index (χ2n) is 17.6. The molecule has 2 aliphatic rings. The highest BCUT2D eigenvalue weighted by atomic mass is 14.9. The van der Waals surface area contributed by atoms with Gasteiger partial charge in [-0.3, -0.25) is 0 Å². The minimum atomic E-state index is -0.561. The van der Waals surface area contributed by atoms with Gasteiger partial charge in [-0.2, -0.15) is 0 Å². The van der Waals surface area contributed by atoms with E-state index in [1.54, 1.807) is 0 Å². The zero-order valence-electron chi connectivity index (χ0n) is 36.6. The van der Waals surface area contributed by atoms with Crippen LogP contribution in [0.25, 0.3) is 101 Å². The first-order chi connectivity index (χ1) is 33.2. The number of benzene rings is 10. The molecule has 11 aromatic rings. The van der Waals surface area contributed by atoms with Crippen LogP contribution in [0.15, 0.2) is 255 Å². The minimum Gasteiger partial charge on any atom is -0.228 e. The average molecular weight is 851 g/mol. The predicted molar refractivity (Wildman–Crippen MR) is 276 cm³/mol. The fourth-order valence-electron chi connectivity index (χ4n) is 10.9. The summed E-state index contributed by atoms with van der Waals surface area (Å²) in [4.78, 5) is 11.1. The molecule has 0 N–H and O–H groups in total. The van der Waals surface area contributed by atoms with Gasteiger partial charge in [0.1, 0.15) is 0 Å². The quantitative estimate of drug-likeness (QED) is 0.167. The van der Waals surface area contributed by atoms with Crippen LogP contribution in [0.4, 0.5) is 0 Å². The number of hydrogen-bond acceptors (Lipinski definition) is 2. The molecule has 0 radical (unpaired) electrons. The van der Waals surface area contributed by atoms with E-state index in [0.717, 1.165) is 61.5 Å². The second kappa shape index (κ2) is 15.8. The molecule has 0 unspecified atom stereocenters. The van der Waals surface area contributed by atoms with Crippen LogP contribution in [-0.2, 0) is 5.41 Å². The maximum absolute atomic E-state index is 5.57. The summed E-state index contributed by atoms with van der Waals surface area (Å²) in [6.45, 7) is 0. The Morgan fingerprint density at radius 1 is 0.209 bits per heavy atom. The maximum Gasteiger partial charge on any atom is 0.160 e. The standard InChI is InChI=1S/C65H42N2/c1-4-19-43(20-5-1)46-25-18-26-47(37-46)62-42-63(51-39-49(44-21-6-2-7-22-44)38-50(40-51)45-23-8-3-9-24-45)67-64(66-62)48-35-36-61-57(41-48)53-28-11-10-27-52(53)54-29-12-15-32-58(54)65(61)59-33-16-13-30-55(59)56-31-14-17-34-60(56)65/h1-42H. The molecule has 10 aromatic carbocycles. The normalized spacial score (nSPS) is 12.6. The summed E-state index contributed by atoms with van der Waals surface area (Å²) in [7, 11) is 0. The van der Waals surface area contributed by atoms with Crippen molar-refractivity contribution in [2.75, 3.05) is 0 Å². The molecule has 67 heavy (non-hydrogen) atoms. The zero-order chi connectivity index (χ0) is 44.3. The fraction of sp³-hybridized carbons (Fsp3) is 0.0154. The van der Waals surface area contributed by atoms with Crippen LogP contribution in [0.2, 0.25) is 0 Å². The second-order valence-corrected chi connectivity index (χ2v) is 17.6. The Hall–Kier alpha value is -8.72. The smallest absolute Gasteiger partial charge is 0.160 e. The molecule has 2 aliphatic carbocycles. The van der Waals surface area contributed by atoms with Crippen molar-refractivity contribution < 1.29 is 0 Å². The van der Waals surface area contributed by atoms with Crippen LogP contribution in [0.3, 0.4) is 0 Å². The van der Waals surface area contributed by atoms with Crippen molar-refractivity contribution in [3.8, 4) is 101 Å². The monoisotopic (exact) mass is 850 g/mol. The van der Waals surface area contributed by atoms with Crippen LogP contribution in [0.1, 0.15) is 22.3 Å². The van der Waals surface area contributed by atoms with E-state index in [9.17, 15) is 0 Å². The molecule has 0 saturated heterocycles. The topological polar surface area (TPSA) is 25.8 Å². The third-order valence-corrected chi connectivity index (χ3v) is 13.9. The lowest BCUT2D eigenvalue weighted by Crippen LogP contribution is -2.29. The van der Waals surface area contributed by atoms with Gasteiger partial charge in [0.05, 0.1) is 16.8 Å². The number of rotatable bonds is 6. The highest BCUT2D eigenvalue weighted by Crippen LogP contribution is 2.61. The Morgan fingerprint density at radius 2 is 0.582 bits per heavy atom. The van der Waals surface area contributed by atoms with Crippen LogP contribution in [0.5, 0.6) is 0 Å². The van der Waals surface area contributed by atoms with Gasteiger partial charge in [0, 0.05) is 16.7 Å². The van der Waals surface area contributed by atoms with Crippen molar-refractivity contribution in [2.24, 2.45) is 0 Å². The van der Waals surface area contributed by atoms with Crippen molar-refractivity contribution in [1.82, 2.24) is 9.97 Å². The molecule has 0 atom stereocenters. The Bertz CT molecular complexity index is 3580. The first-order valence-corrected chi connectivity index (χ1v) is 23.1. The van der Waals surface area contributed by atoms with Crippen LogP contribution >= 0.6 is 0 Å². The fourth-order valence-corrected chi connectivity index (χ4v) is 10.9. The van der Waals surface area contributed by atoms with E-state index < -0.39 is 5.41 Å². The van der Waals surface area contributed by atoms with Crippen molar-refractivity contribution in [1.29, 1.82) is 0 Å². The van der Waals surface area contributed by atoms with Gasteiger partial charge in [-0.25, -0.2) is 9.97 Å². The summed E-state index contributed by atoms with van der Waals surface area (Å²) in [6, 6.07) is 92.6. The highest BCUT2D eigenvalue weighted by molar-refractivity contribution is 5.98. The van der Waals surface area contributed by atoms with Gasteiger partial charge in [0.2, 0.25) is 0 Å². The Balaban J connectivity index is 1.08. The third kappa shape index (κ3) is 6.33. The molecule has 0 amide bonds. The Morgan fingerprint density at radius 3 is 1.13 bits per heavy atom. The molecule has 0 fully saturated rings. The van der Waals surface area contributed by atoms with Crippen LogP contribution in [0, 0.1) is 0 Å². The summed E-state index contributed by atoms with van der Waals surface area (Å²) in [6.07, 6.45) is 0. The summed E-state index contributed by atoms with van der Waals surface area (Å²) >= 11 is 0. The molecule has 0 saturated carbocycles. The largest absolute Gasteiger partial charge is 0.228 e. The summed E-state index contributed by atoms with van der Waals surface area (Å²) < 4.78 is 0. The first-order valence-electron chi connectivity index (χ1n) is 23.1. The zero-order valence-corrected chi connectivity index (χ0v) is 36.6. The lowest BCUT2D eigenvalue weighted by atomic mass is 9.66. The van der Waals surface area contributed by atoms with Crippen molar-refractivity contribution in [2.45, 2.75) is 5.41 Å². The number of nitrogens with zero attached hydrogens (tertiary/aromatic N) is 2. The summed E-state index contributed by atoms with van der Waals surface area (Å²) in [5, 5.41) is 0. The Kier molecular flexibility index (Phi) is 9.11. The molecule has 1 spiro atoms. The van der Waals surface area contributed by atoms with Crippen LogP contribution < -0.4 is 0 Å². The molecule has 312 valence electrons. The summed E-state index contributed by atoms with van der Waals surface area (Å²) in [5.74, 6) is 0.673. The molecular formula is C65H42N2. The van der Waals surface area contributed by atoms with Crippen molar-refractivity contribution in [3.63, 3.8) is 0 Å². The Labute approximate surface area is 391 Å². The molecule has 13 rings (SSSR count). The lowest BCUT2D eigenvalue weighted by Gasteiger charge is -2.35. The third-order valence-electron chi connectivity index (χ3n) is 13.9. The van der Waals surface area contributed by atoms with Crippen molar-refractivity contribution in [3.05, 3.63) is 277 Å². The minimum absolute atomic E-state index is 0.561. The van der Waals surface area contributed by atoms with E-state index >= 15 is 0 Å². The van der Waals surface area contributed by atoms with E-state index in [1.807, 2.05) is 0 Å². The van der Waals surface area contributed by atoms with Gasteiger partial charge in [-0.1, -0.05) is 218 Å². The van der Waals surface area contributed by atoms with Gasteiger partial charge in [-0.05, 0) is 125 Å². The maximum atomic E-state index is 5.57. The van der Waals surface area contributed by atoms with E-state index in [2.05, 4.69) is 255 Å². The average Bonchev–Trinajstić information content (AvgIpc) is 3.66. The number of fused-ring (bicyclic) bond motifs is 12. The summed E-state index contributed by atoms with van der Waals surface area (Å²) in [5.41, 5.74) is 23.6. The van der Waals surface area contributed by atoms with Gasteiger partial charge in [-0.15, -0.1) is 0 Å². The molecule has 0 aliphatic heterocycles. The number of aromatic nitrogens is 2. The molecule has 0 bridgehead atoms. The van der Waals surface area contributed by atoms with E-state index in [1.165, 1.54) is 55.6 Å². The molecular weight excluding hydrogens is 809 g/mol. The molecule has 2 heteroatoms. The highest BCUT2D eigenvalue weighted by Gasteiger charge is 2.49. The molecule has 2 nitrogen and oxygen atoms in total. The van der Waals surface area contributed by atoms with E-state index in [0.29, 0.717) is 5.82 Å². The van der Waals surface area contributed by atoms with Crippen molar-refractivity contribution >= 4 is 0 Å². The number of hydrogen-bond donors (Lipinski definition) is 0. The van der Waals surface area contributed by atoms with E-state index in [4.69, 9.17) is 9.97 Å². The van der Waals surface area contributed by atoms with Gasteiger partial charge >= 0.3 is 0 Å². The van der Waals surface area contributed by atoms with E-state index in [-0.39, 0.29) is 0 Å². The lowest BCUT2D eigenvalue weighted by molar-refractivity contribution is 0.775.